The maximum absolute atomic E-state index is 13.2. The van der Waals surface area contributed by atoms with Crippen LogP contribution in [-0.2, 0) is 18.3 Å². The fraction of sp³-hybridized carbons (Fsp3) is 0.731. The molecule has 1 atom stereocenters. The molecule has 36 heavy (non-hydrogen) atoms. The van der Waals surface area contributed by atoms with E-state index in [2.05, 4.69) is 27.2 Å². The van der Waals surface area contributed by atoms with E-state index >= 15 is 0 Å². The van der Waals surface area contributed by atoms with Gasteiger partial charge in [-0.3, -0.25) is 9.46 Å². The van der Waals surface area contributed by atoms with E-state index in [9.17, 15) is 9.36 Å². The van der Waals surface area contributed by atoms with Gasteiger partial charge in [0.25, 0.3) is 0 Å². The third-order valence-corrected chi connectivity index (χ3v) is 8.70. The van der Waals surface area contributed by atoms with Crippen LogP contribution < -0.4 is 5.32 Å². The van der Waals surface area contributed by atoms with Gasteiger partial charge in [0.15, 0.2) is 0 Å². The second-order valence-electron chi connectivity index (χ2n) is 10.8. The number of amides is 1. The predicted molar refractivity (Wildman–Crippen MR) is 148 cm³/mol. The first-order valence-corrected chi connectivity index (χ1v) is 15.6. The van der Waals surface area contributed by atoms with E-state index in [1.807, 2.05) is 66.7 Å². The average molecular weight is 544 g/mol. The number of ether oxygens (including phenoxy) is 1. The van der Waals surface area contributed by atoms with Gasteiger partial charge in [0, 0.05) is 49.4 Å². The Hall–Kier alpha value is -1.09. The normalized spacial score (nSPS) is 16.9. The molecule has 1 fully saturated rings. The van der Waals surface area contributed by atoms with Gasteiger partial charge in [0.05, 0.1) is 12.2 Å². The number of nitrogens with zero attached hydrogens (tertiary/aromatic N) is 2. The highest BCUT2D eigenvalue weighted by atomic mass is 32.2. The summed E-state index contributed by atoms with van der Waals surface area (Å²) in [4.78, 5) is 18.2. The monoisotopic (exact) mass is 543 g/mol. The number of benzene rings is 1. The van der Waals surface area contributed by atoms with Crippen LogP contribution in [0.4, 0.5) is 4.79 Å². The van der Waals surface area contributed by atoms with Crippen molar-refractivity contribution in [3.63, 3.8) is 0 Å². The molecule has 0 bridgehead atoms. The molecule has 1 N–H and O–H groups in total. The van der Waals surface area contributed by atoms with Crippen molar-refractivity contribution in [2.75, 3.05) is 44.8 Å². The number of alkyl carbamates (subject to hydrolysis) is 1. The quantitative estimate of drug-likeness (QED) is 0.251. The van der Waals surface area contributed by atoms with Crippen LogP contribution in [0.1, 0.15) is 54.9 Å². The Balaban J connectivity index is 1.87. The number of hydrogen-bond donors (Lipinski definition) is 1. The summed E-state index contributed by atoms with van der Waals surface area (Å²) in [6.45, 7) is 17.3. The van der Waals surface area contributed by atoms with Crippen LogP contribution in [0.3, 0.4) is 0 Å². The van der Waals surface area contributed by atoms with Crippen LogP contribution in [0.15, 0.2) is 35.2 Å². The van der Waals surface area contributed by atoms with Crippen molar-refractivity contribution in [3.8, 4) is 0 Å². The van der Waals surface area contributed by atoms with Crippen molar-refractivity contribution in [2.24, 2.45) is 0 Å². The molecular weight excluding hydrogens is 497 g/mol. The number of hydrogen-bond acceptors (Lipinski definition) is 8. The molecule has 0 saturated carbocycles. The second-order valence-corrected chi connectivity index (χ2v) is 13.8. The highest BCUT2D eigenvalue weighted by Crippen LogP contribution is 2.51. The summed E-state index contributed by atoms with van der Waals surface area (Å²) in [6, 6.07) is 10.2. The standard InChI is InChI=1S/C26H46N3O5PS/c1-21(2)33-35(31,34-22(3)4)20-29-17-15-28(16-18-29)14-13-23(27-25(30)32-26(5,6)7)19-36-24-11-9-8-10-12-24/h8-12,21-23H,13-20H2,1-7H3,(H,27,30)/t23-/m1/s1. The van der Waals surface area contributed by atoms with Crippen LogP contribution in [0.5, 0.6) is 0 Å². The lowest BCUT2D eigenvalue weighted by atomic mass is 10.2. The second kappa shape index (κ2) is 14.7. The van der Waals surface area contributed by atoms with Crippen molar-refractivity contribution in [1.82, 2.24) is 15.1 Å². The zero-order valence-corrected chi connectivity index (χ0v) is 24.8. The van der Waals surface area contributed by atoms with Gasteiger partial charge >= 0.3 is 13.7 Å². The molecule has 206 valence electrons. The molecule has 1 aromatic rings. The summed E-state index contributed by atoms with van der Waals surface area (Å²) < 4.78 is 30.2. The van der Waals surface area contributed by atoms with Gasteiger partial charge in [0.2, 0.25) is 0 Å². The minimum Gasteiger partial charge on any atom is -0.444 e. The maximum atomic E-state index is 13.2. The Bertz CT molecular complexity index is 813. The molecule has 0 aliphatic carbocycles. The lowest BCUT2D eigenvalue weighted by molar-refractivity contribution is 0.0502. The van der Waals surface area contributed by atoms with Crippen molar-refractivity contribution >= 4 is 25.5 Å². The number of piperazine rings is 1. The molecular formula is C26H46N3O5PS. The molecule has 1 amide bonds. The van der Waals surface area contributed by atoms with E-state index in [0.717, 1.165) is 44.9 Å². The lowest BCUT2D eigenvalue weighted by Gasteiger charge is -2.37. The molecule has 8 nitrogen and oxygen atoms in total. The number of rotatable bonds is 13. The van der Waals surface area contributed by atoms with Gasteiger partial charge in [-0.1, -0.05) is 18.2 Å². The van der Waals surface area contributed by atoms with Crippen molar-refractivity contribution in [2.45, 2.75) is 83.6 Å². The fourth-order valence-corrected chi connectivity index (χ4v) is 7.09. The van der Waals surface area contributed by atoms with Crippen LogP contribution in [0, 0.1) is 0 Å². The van der Waals surface area contributed by atoms with Crippen LogP contribution in [0.2, 0.25) is 0 Å². The zero-order valence-electron chi connectivity index (χ0n) is 23.1. The summed E-state index contributed by atoms with van der Waals surface area (Å²) in [5.74, 6) is 0.769. The molecule has 10 heteroatoms. The Morgan fingerprint density at radius 2 is 1.56 bits per heavy atom. The smallest absolute Gasteiger partial charge is 0.407 e. The van der Waals surface area contributed by atoms with Crippen LogP contribution >= 0.6 is 19.4 Å². The van der Waals surface area contributed by atoms with E-state index in [0.29, 0.717) is 6.29 Å². The highest BCUT2D eigenvalue weighted by molar-refractivity contribution is 7.99. The molecule has 1 aromatic carbocycles. The van der Waals surface area contributed by atoms with Crippen molar-refractivity contribution in [3.05, 3.63) is 30.3 Å². The third kappa shape index (κ3) is 12.9. The Morgan fingerprint density at radius 1 is 1.00 bits per heavy atom. The molecule has 0 aromatic heterocycles. The first-order chi connectivity index (χ1) is 16.8. The van der Waals surface area contributed by atoms with Gasteiger partial charge in [-0.05, 0) is 67.0 Å². The van der Waals surface area contributed by atoms with Gasteiger partial charge < -0.3 is 24.0 Å². The van der Waals surface area contributed by atoms with Gasteiger partial charge in [-0.2, -0.15) is 0 Å². The van der Waals surface area contributed by atoms with E-state index in [-0.39, 0.29) is 24.3 Å². The Morgan fingerprint density at radius 3 is 2.08 bits per heavy atom. The maximum Gasteiger partial charge on any atom is 0.407 e. The average Bonchev–Trinajstić information content (AvgIpc) is 2.74. The fourth-order valence-electron chi connectivity index (χ4n) is 3.86. The number of thioether (sulfide) groups is 1. The van der Waals surface area contributed by atoms with E-state index < -0.39 is 13.2 Å². The Kier molecular flexibility index (Phi) is 12.7. The first-order valence-electron chi connectivity index (χ1n) is 12.9. The zero-order chi connectivity index (χ0) is 26.8. The third-order valence-electron chi connectivity index (χ3n) is 5.29. The summed E-state index contributed by atoms with van der Waals surface area (Å²) >= 11 is 1.74. The summed E-state index contributed by atoms with van der Waals surface area (Å²) in [5, 5.41) is 3.07. The Labute approximate surface area is 222 Å². The minimum absolute atomic E-state index is 0.0119. The van der Waals surface area contributed by atoms with Crippen LogP contribution in [0.25, 0.3) is 0 Å². The van der Waals surface area contributed by atoms with Crippen LogP contribution in [-0.4, -0.2) is 84.5 Å². The predicted octanol–water partition coefficient (Wildman–Crippen LogP) is 5.68. The minimum atomic E-state index is -3.18. The molecule has 2 rings (SSSR count). The highest BCUT2D eigenvalue weighted by Gasteiger charge is 2.32. The van der Waals surface area contributed by atoms with E-state index in [4.69, 9.17) is 13.8 Å². The molecule has 1 aliphatic heterocycles. The van der Waals surface area contributed by atoms with E-state index in [1.165, 1.54) is 4.90 Å². The largest absolute Gasteiger partial charge is 0.444 e. The van der Waals surface area contributed by atoms with Crippen molar-refractivity contribution < 1.29 is 23.1 Å². The molecule has 1 heterocycles. The molecule has 1 saturated heterocycles. The number of carbonyl (C=O) groups is 1. The van der Waals surface area contributed by atoms with Gasteiger partial charge in [-0.15, -0.1) is 11.8 Å². The summed E-state index contributed by atoms with van der Waals surface area (Å²) in [6.07, 6.45) is 0.452. The molecule has 0 unspecified atom stereocenters. The topological polar surface area (TPSA) is 80.3 Å². The lowest BCUT2D eigenvalue weighted by Crippen LogP contribution is -2.48. The number of nitrogens with one attached hydrogen (secondary N) is 1. The van der Waals surface area contributed by atoms with Crippen molar-refractivity contribution in [1.29, 1.82) is 0 Å². The summed E-state index contributed by atoms with van der Waals surface area (Å²) in [5.41, 5.74) is -0.532. The first kappa shape index (κ1) is 31.1. The SMILES string of the molecule is CC(C)OP(=O)(CN1CCN(CC[C@H](CSc2ccccc2)NC(=O)OC(C)(C)C)CC1)OC(C)C. The van der Waals surface area contributed by atoms with E-state index in [1.54, 1.807) is 11.8 Å². The summed E-state index contributed by atoms with van der Waals surface area (Å²) in [7, 11) is -3.18. The van der Waals surface area contributed by atoms with Gasteiger partial charge in [0.1, 0.15) is 11.9 Å². The molecule has 0 radical (unpaired) electrons. The van der Waals surface area contributed by atoms with Gasteiger partial charge in [-0.25, -0.2) is 4.79 Å². The molecule has 1 aliphatic rings. The number of carbonyl (C=O) groups excluding carboxylic acids is 1. The molecule has 0 spiro atoms.